The zero-order valence-electron chi connectivity index (χ0n) is 8.52. The number of hydrogen-bond donors (Lipinski definition) is 2. The topological polar surface area (TPSA) is 24.1 Å². The molecule has 1 atom stereocenters. The van der Waals surface area contributed by atoms with Gasteiger partial charge in [0.1, 0.15) is 0 Å². The van der Waals surface area contributed by atoms with E-state index < -0.39 is 0 Å². The molecule has 76 valence electrons. The summed E-state index contributed by atoms with van der Waals surface area (Å²) < 4.78 is 0. The van der Waals surface area contributed by atoms with Crippen LogP contribution in [0.3, 0.4) is 0 Å². The Morgan fingerprint density at radius 2 is 1.77 bits per heavy atom. The fourth-order valence-corrected chi connectivity index (χ4v) is 2.54. The normalized spacial score (nSPS) is 30.9. The highest BCUT2D eigenvalue weighted by Gasteiger charge is 2.17. The maximum Gasteiger partial charge on any atom is 0.0192 e. The average molecular weight is 182 g/mol. The zero-order chi connectivity index (χ0) is 8.93. The summed E-state index contributed by atoms with van der Waals surface area (Å²) in [5, 5.41) is 7.27. The maximum absolute atomic E-state index is 3.69. The van der Waals surface area contributed by atoms with Gasteiger partial charge in [0.25, 0.3) is 0 Å². The van der Waals surface area contributed by atoms with E-state index in [0.29, 0.717) is 0 Å². The van der Waals surface area contributed by atoms with Gasteiger partial charge in [-0.1, -0.05) is 19.3 Å². The fraction of sp³-hybridized carbons (Fsp3) is 1.00. The minimum atomic E-state index is 0.759. The van der Waals surface area contributed by atoms with Crippen molar-refractivity contribution in [1.82, 2.24) is 10.6 Å². The van der Waals surface area contributed by atoms with E-state index >= 15 is 0 Å². The van der Waals surface area contributed by atoms with Crippen LogP contribution < -0.4 is 10.6 Å². The van der Waals surface area contributed by atoms with Crippen molar-refractivity contribution >= 4 is 0 Å². The number of hydrogen-bond acceptors (Lipinski definition) is 2. The van der Waals surface area contributed by atoms with Crippen LogP contribution in [0.5, 0.6) is 0 Å². The van der Waals surface area contributed by atoms with E-state index in [2.05, 4.69) is 10.6 Å². The molecule has 2 heteroatoms. The molecule has 1 heterocycles. The summed E-state index contributed by atoms with van der Waals surface area (Å²) >= 11 is 0. The van der Waals surface area contributed by atoms with Gasteiger partial charge < -0.3 is 10.6 Å². The van der Waals surface area contributed by atoms with Crippen molar-refractivity contribution in [3.63, 3.8) is 0 Å². The molecular formula is C11H22N2. The third-order valence-electron chi connectivity index (χ3n) is 3.42. The Bertz CT molecular complexity index is 135. The predicted molar refractivity (Wildman–Crippen MR) is 55.9 cm³/mol. The molecule has 13 heavy (non-hydrogen) atoms. The molecule has 2 rings (SSSR count). The molecule has 2 fully saturated rings. The molecule has 0 amide bonds. The summed E-state index contributed by atoms with van der Waals surface area (Å²) in [5.41, 5.74) is 0. The summed E-state index contributed by atoms with van der Waals surface area (Å²) in [4.78, 5) is 0. The molecule has 1 unspecified atom stereocenters. The van der Waals surface area contributed by atoms with E-state index in [1.165, 1.54) is 58.0 Å². The maximum atomic E-state index is 3.69. The molecule has 1 aliphatic carbocycles. The SMILES string of the molecule is C1CCC(CNC2CCCC2)NC1. The van der Waals surface area contributed by atoms with Crippen LogP contribution in [0.1, 0.15) is 44.9 Å². The molecule has 0 bridgehead atoms. The molecule has 0 aromatic carbocycles. The highest BCUT2D eigenvalue weighted by molar-refractivity contribution is 4.79. The molecule has 0 spiro atoms. The predicted octanol–water partition coefficient (Wildman–Crippen LogP) is 1.66. The van der Waals surface area contributed by atoms with Gasteiger partial charge in [-0.25, -0.2) is 0 Å². The lowest BCUT2D eigenvalue weighted by molar-refractivity contribution is 0.365. The van der Waals surface area contributed by atoms with Gasteiger partial charge in [-0.3, -0.25) is 0 Å². The Hall–Kier alpha value is -0.0800. The molecule has 1 saturated carbocycles. The average Bonchev–Trinajstić information content (AvgIpc) is 2.69. The molecule has 2 aliphatic rings. The van der Waals surface area contributed by atoms with Crippen LogP contribution in [0.25, 0.3) is 0 Å². The van der Waals surface area contributed by atoms with Gasteiger partial charge in [0.2, 0.25) is 0 Å². The second-order valence-corrected chi connectivity index (χ2v) is 4.54. The number of nitrogens with one attached hydrogen (secondary N) is 2. The van der Waals surface area contributed by atoms with E-state index in [1.807, 2.05) is 0 Å². The summed E-state index contributed by atoms with van der Waals surface area (Å²) in [6.07, 6.45) is 9.87. The molecular weight excluding hydrogens is 160 g/mol. The molecule has 0 aromatic rings. The minimum absolute atomic E-state index is 0.759. The first kappa shape index (κ1) is 9.47. The molecule has 0 aromatic heterocycles. The number of piperidine rings is 1. The largest absolute Gasteiger partial charge is 0.313 e. The van der Waals surface area contributed by atoms with E-state index in [4.69, 9.17) is 0 Å². The van der Waals surface area contributed by atoms with Crippen molar-refractivity contribution < 1.29 is 0 Å². The number of rotatable bonds is 3. The van der Waals surface area contributed by atoms with Gasteiger partial charge in [0.15, 0.2) is 0 Å². The van der Waals surface area contributed by atoms with E-state index in [0.717, 1.165) is 12.1 Å². The summed E-state index contributed by atoms with van der Waals surface area (Å²) in [5.74, 6) is 0. The lowest BCUT2D eigenvalue weighted by Crippen LogP contribution is -2.44. The van der Waals surface area contributed by atoms with Crippen LogP contribution in [0, 0.1) is 0 Å². The third-order valence-corrected chi connectivity index (χ3v) is 3.42. The van der Waals surface area contributed by atoms with Crippen molar-refractivity contribution in [1.29, 1.82) is 0 Å². The van der Waals surface area contributed by atoms with E-state index in [1.54, 1.807) is 0 Å². The lowest BCUT2D eigenvalue weighted by Gasteiger charge is -2.25. The molecule has 1 aliphatic heterocycles. The Labute approximate surface area is 81.5 Å². The summed E-state index contributed by atoms with van der Waals surface area (Å²) in [7, 11) is 0. The van der Waals surface area contributed by atoms with Crippen molar-refractivity contribution in [3.8, 4) is 0 Å². The molecule has 0 radical (unpaired) electrons. The summed E-state index contributed by atoms with van der Waals surface area (Å²) in [6.45, 7) is 2.43. The Kier molecular flexibility index (Phi) is 3.62. The first-order valence-electron chi connectivity index (χ1n) is 5.92. The molecule has 2 nitrogen and oxygen atoms in total. The Morgan fingerprint density at radius 3 is 2.46 bits per heavy atom. The quantitative estimate of drug-likeness (QED) is 0.693. The first-order valence-corrected chi connectivity index (χ1v) is 5.92. The minimum Gasteiger partial charge on any atom is -0.313 e. The Morgan fingerprint density at radius 1 is 1.00 bits per heavy atom. The Balaban J connectivity index is 1.60. The van der Waals surface area contributed by atoms with Crippen molar-refractivity contribution in [2.45, 2.75) is 57.0 Å². The lowest BCUT2D eigenvalue weighted by atomic mass is 10.0. The van der Waals surface area contributed by atoms with Crippen LogP contribution in [0.15, 0.2) is 0 Å². The first-order chi connectivity index (χ1) is 6.45. The second kappa shape index (κ2) is 4.97. The van der Waals surface area contributed by atoms with Gasteiger partial charge in [-0.2, -0.15) is 0 Å². The van der Waals surface area contributed by atoms with Crippen molar-refractivity contribution in [2.24, 2.45) is 0 Å². The van der Waals surface area contributed by atoms with Crippen molar-refractivity contribution in [2.75, 3.05) is 13.1 Å². The van der Waals surface area contributed by atoms with Crippen LogP contribution in [0.4, 0.5) is 0 Å². The second-order valence-electron chi connectivity index (χ2n) is 4.54. The standard InChI is InChI=1S/C11H22N2/c1-2-6-10(5-1)13-9-11-7-3-4-8-12-11/h10-13H,1-9H2. The molecule has 2 N–H and O–H groups in total. The van der Waals surface area contributed by atoms with Crippen LogP contribution >= 0.6 is 0 Å². The summed E-state index contributed by atoms with van der Waals surface area (Å²) in [6, 6.07) is 1.60. The smallest absolute Gasteiger partial charge is 0.0192 e. The van der Waals surface area contributed by atoms with Crippen LogP contribution in [0.2, 0.25) is 0 Å². The van der Waals surface area contributed by atoms with Gasteiger partial charge in [-0.15, -0.1) is 0 Å². The van der Waals surface area contributed by atoms with E-state index in [9.17, 15) is 0 Å². The monoisotopic (exact) mass is 182 g/mol. The van der Waals surface area contributed by atoms with Crippen LogP contribution in [-0.4, -0.2) is 25.2 Å². The highest BCUT2D eigenvalue weighted by atomic mass is 15.0. The zero-order valence-corrected chi connectivity index (χ0v) is 8.52. The van der Waals surface area contributed by atoms with Gasteiger partial charge in [0.05, 0.1) is 0 Å². The van der Waals surface area contributed by atoms with E-state index in [-0.39, 0.29) is 0 Å². The van der Waals surface area contributed by atoms with Gasteiger partial charge >= 0.3 is 0 Å². The van der Waals surface area contributed by atoms with Crippen LogP contribution in [-0.2, 0) is 0 Å². The van der Waals surface area contributed by atoms with Crippen molar-refractivity contribution in [3.05, 3.63) is 0 Å². The fourth-order valence-electron chi connectivity index (χ4n) is 2.54. The third kappa shape index (κ3) is 2.96. The van der Waals surface area contributed by atoms with Gasteiger partial charge in [0, 0.05) is 18.6 Å². The van der Waals surface area contributed by atoms with Gasteiger partial charge in [-0.05, 0) is 32.2 Å². The highest BCUT2D eigenvalue weighted by Crippen LogP contribution is 2.17. The molecule has 1 saturated heterocycles.